The zero-order valence-electron chi connectivity index (χ0n) is 11.2. The number of sulfonamides is 1. The number of nitrogens with one attached hydrogen (secondary N) is 3. The van der Waals surface area contributed by atoms with Crippen LogP contribution in [0.15, 0.2) is 22.0 Å². The molecule has 0 aliphatic heterocycles. The monoisotopic (exact) mass is 333 g/mol. The second-order valence-electron chi connectivity index (χ2n) is 4.86. The third-order valence-electron chi connectivity index (χ3n) is 2.96. The van der Waals surface area contributed by atoms with Crippen molar-refractivity contribution in [2.24, 2.45) is 0 Å². The Morgan fingerprint density at radius 2 is 2.14 bits per heavy atom. The maximum Gasteiger partial charge on any atom is 0.266 e. The van der Waals surface area contributed by atoms with E-state index < -0.39 is 15.6 Å². The van der Waals surface area contributed by atoms with Crippen LogP contribution in [0, 0.1) is 0 Å². The summed E-state index contributed by atoms with van der Waals surface area (Å²) < 4.78 is 26.2. The lowest BCUT2D eigenvalue weighted by molar-refractivity contribution is -0.121. The van der Waals surface area contributed by atoms with Crippen molar-refractivity contribution in [1.82, 2.24) is 15.0 Å². The van der Waals surface area contributed by atoms with Crippen LogP contribution in [0.5, 0.6) is 0 Å². The predicted octanol–water partition coefficient (Wildman–Crippen LogP) is 0.365. The first kappa shape index (κ1) is 16.0. The average Bonchev–Trinajstić information content (AvgIpc) is 3.22. The minimum absolute atomic E-state index is 0.0659. The zero-order chi connectivity index (χ0) is 15.5. The Hall–Kier alpha value is -1.38. The second kappa shape index (κ2) is 6.59. The number of amides is 1. The summed E-state index contributed by atoms with van der Waals surface area (Å²) in [7, 11) is -3.74. The molecule has 1 aromatic heterocycles. The topological polar surface area (TPSA) is 108 Å². The van der Waals surface area contributed by atoms with Crippen LogP contribution >= 0.6 is 11.6 Å². The molecule has 2 rings (SSSR count). The molecule has 0 saturated heterocycles. The van der Waals surface area contributed by atoms with Crippen molar-refractivity contribution in [2.45, 2.75) is 36.6 Å². The Balaban J connectivity index is 1.81. The number of halogens is 1. The summed E-state index contributed by atoms with van der Waals surface area (Å²) >= 11 is 5.59. The van der Waals surface area contributed by atoms with Crippen LogP contribution in [-0.2, 0) is 14.8 Å². The molecule has 1 amide bonds. The van der Waals surface area contributed by atoms with Crippen LogP contribution in [0.25, 0.3) is 0 Å². The largest absolute Gasteiger partial charge is 0.353 e. The van der Waals surface area contributed by atoms with E-state index >= 15 is 0 Å². The summed E-state index contributed by atoms with van der Waals surface area (Å²) in [4.78, 5) is 24.6. The van der Waals surface area contributed by atoms with Gasteiger partial charge in [0.2, 0.25) is 15.9 Å². The molecular weight excluding hydrogens is 318 g/mol. The van der Waals surface area contributed by atoms with E-state index in [1.165, 1.54) is 0 Å². The molecule has 1 heterocycles. The number of carbonyl (C=O) groups excluding carboxylic acids is 1. The molecule has 1 aromatic rings. The molecule has 0 aromatic carbocycles. The Labute approximate surface area is 127 Å². The maximum atomic E-state index is 11.9. The highest BCUT2D eigenvalue weighted by Gasteiger charge is 2.23. The molecule has 116 valence electrons. The number of rotatable bonds is 7. The molecule has 1 saturated carbocycles. The van der Waals surface area contributed by atoms with Gasteiger partial charge in [0.1, 0.15) is 5.02 Å². The number of hydrogen-bond donors (Lipinski definition) is 3. The fourth-order valence-electron chi connectivity index (χ4n) is 1.66. The summed E-state index contributed by atoms with van der Waals surface area (Å²) in [5.41, 5.74) is -0.549. The lowest BCUT2D eigenvalue weighted by Gasteiger charge is -2.07. The Morgan fingerprint density at radius 1 is 1.43 bits per heavy atom. The van der Waals surface area contributed by atoms with Gasteiger partial charge < -0.3 is 10.3 Å². The molecule has 1 aliphatic rings. The summed E-state index contributed by atoms with van der Waals surface area (Å²) in [6.45, 7) is 0.136. The van der Waals surface area contributed by atoms with Gasteiger partial charge in [-0.25, -0.2) is 13.1 Å². The fraction of sp³-hybridized carbons (Fsp3) is 0.500. The molecule has 0 atom stereocenters. The van der Waals surface area contributed by atoms with Gasteiger partial charge in [0.05, 0.1) is 4.90 Å². The minimum Gasteiger partial charge on any atom is -0.353 e. The van der Waals surface area contributed by atoms with Gasteiger partial charge in [0.25, 0.3) is 5.56 Å². The minimum atomic E-state index is -3.74. The second-order valence-corrected chi connectivity index (χ2v) is 7.03. The lowest BCUT2D eigenvalue weighted by Crippen LogP contribution is -2.29. The van der Waals surface area contributed by atoms with Crippen LogP contribution in [0.4, 0.5) is 0 Å². The van der Waals surface area contributed by atoms with Gasteiger partial charge in [-0.15, -0.1) is 0 Å². The zero-order valence-corrected chi connectivity index (χ0v) is 12.8. The number of pyridine rings is 1. The molecule has 21 heavy (non-hydrogen) atoms. The van der Waals surface area contributed by atoms with Gasteiger partial charge in [-0.2, -0.15) is 0 Å². The van der Waals surface area contributed by atoms with Crippen LogP contribution < -0.4 is 15.6 Å². The Morgan fingerprint density at radius 3 is 2.76 bits per heavy atom. The van der Waals surface area contributed by atoms with Gasteiger partial charge in [0.15, 0.2) is 0 Å². The first-order valence-corrected chi connectivity index (χ1v) is 8.42. The van der Waals surface area contributed by atoms with E-state index in [-0.39, 0.29) is 28.8 Å². The van der Waals surface area contributed by atoms with Crippen molar-refractivity contribution in [1.29, 1.82) is 0 Å². The number of aromatic nitrogens is 1. The van der Waals surface area contributed by atoms with E-state index in [4.69, 9.17) is 11.6 Å². The van der Waals surface area contributed by atoms with Crippen LogP contribution in [-0.4, -0.2) is 31.9 Å². The van der Waals surface area contributed by atoms with Gasteiger partial charge in [0, 0.05) is 25.2 Å². The summed E-state index contributed by atoms with van der Waals surface area (Å²) in [6, 6.07) is 1.39. The first-order chi connectivity index (χ1) is 9.88. The smallest absolute Gasteiger partial charge is 0.266 e. The van der Waals surface area contributed by atoms with Crippen molar-refractivity contribution in [2.75, 3.05) is 6.54 Å². The van der Waals surface area contributed by atoms with Gasteiger partial charge in [-0.1, -0.05) is 11.6 Å². The van der Waals surface area contributed by atoms with Crippen molar-refractivity contribution in [3.8, 4) is 0 Å². The summed E-state index contributed by atoms with van der Waals surface area (Å²) in [5.74, 6) is -0.0659. The third kappa shape index (κ3) is 4.83. The molecule has 0 spiro atoms. The highest BCUT2D eigenvalue weighted by molar-refractivity contribution is 7.89. The van der Waals surface area contributed by atoms with Crippen molar-refractivity contribution in [3.63, 3.8) is 0 Å². The predicted molar refractivity (Wildman–Crippen MR) is 77.7 cm³/mol. The van der Waals surface area contributed by atoms with Crippen molar-refractivity contribution < 1.29 is 13.2 Å². The molecular formula is C12H16ClN3O4S. The molecule has 1 fully saturated rings. The summed E-state index contributed by atoms with van der Waals surface area (Å²) in [5, 5.41) is 2.63. The average molecular weight is 334 g/mol. The van der Waals surface area contributed by atoms with Crippen LogP contribution in [0.3, 0.4) is 0 Å². The highest BCUT2D eigenvalue weighted by atomic mass is 35.5. The highest BCUT2D eigenvalue weighted by Crippen LogP contribution is 2.18. The van der Waals surface area contributed by atoms with E-state index in [9.17, 15) is 18.0 Å². The van der Waals surface area contributed by atoms with Crippen LogP contribution in [0.1, 0.15) is 25.7 Å². The Kier molecular flexibility index (Phi) is 5.02. The Bertz CT molecular complexity index is 682. The van der Waals surface area contributed by atoms with Crippen molar-refractivity contribution in [3.05, 3.63) is 27.6 Å². The number of carbonyl (C=O) groups is 1. The van der Waals surface area contributed by atoms with Crippen molar-refractivity contribution >= 4 is 27.5 Å². The molecule has 3 N–H and O–H groups in total. The fourth-order valence-corrected chi connectivity index (χ4v) is 2.96. The SMILES string of the molecule is O=C(CCCNS(=O)(=O)c1c[nH]c(=O)c(Cl)c1)NC1CC1. The van der Waals surface area contributed by atoms with Gasteiger partial charge >= 0.3 is 0 Å². The molecule has 0 unspecified atom stereocenters. The molecule has 0 radical (unpaired) electrons. The number of hydrogen-bond acceptors (Lipinski definition) is 4. The van der Waals surface area contributed by atoms with E-state index in [1.54, 1.807) is 0 Å². The lowest BCUT2D eigenvalue weighted by atomic mass is 10.3. The molecule has 7 nitrogen and oxygen atoms in total. The van der Waals surface area contributed by atoms with E-state index in [2.05, 4.69) is 15.0 Å². The normalized spacial score (nSPS) is 14.9. The third-order valence-corrected chi connectivity index (χ3v) is 4.68. The first-order valence-electron chi connectivity index (χ1n) is 6.56. The molecule has 0 bridgehead atoms. The number of aromatic amines is 1. The molecule has 9 heteroatoms. The van der Waals surface area contributed by atoms with Gasteiger partial charge in [-0.3, -0.25) is 9.59 Å². The molecule has 1 aliphatic carbocycles. The van der Waals surface area contributed by atoms with E-state index in [0.717, 1.165) is 25.1 Å². The quantitative estimate of drug-likeness (QED) is 0.626. The van der Waals surface area contributed by atoms with Crippen LogP contribution in [0.2, 0.25) is 5.02 Å². The standard InChI is InChI=1S/C12H16ClN3O4S/c13-10-6-9(7-14-12(10)18)21(19,20)15-5-1-2-11(17)16-8-3-4-8/h6-8,15H,1-5H2,(H,14,18)(H,16,17). The maximum absolute atomic E-state index is 11.9. The van der Waals surface area contributed by atoms with Gasteiger partial charge in [-0.05, 0) is 25.3 Å². The summed E-state index contributed by atoms with van der Waals surface area (Å²) in [6.07, 6.45) is 3.79. The number of H-pyrrole nitrogens is 1. The van der Waals surface area contributed by atoms with E-state index in [0.29, 0.717) is 12.5 Å². The van der Waals surface area contributed by atoms with E-state index in [1.807, 2.05) is 0 Å².